The number of carbonyl (C=O) groups excluding carboxylic acids is 1. The third kappa shape index (κ3) is 4.55. The van der Waals surface area contributed by atoms with Crippen molar-refractivity contribution in [3.05, 3.63) is 58.6 Å². The van der Waals surface area contributed by atoms with Crippen LogP contribution < -0.4 is 4.90 Å². The summed E-state index contributed by atoms with van der Waals surface area (Å²) in [7, 11) is 0. The molecular weight excluding hydrogens is 494 g/mol. The first-order chi connectivity index (χ1) is 17.5. The van der Waals surface area contributed by atoms with Crippen molar-refractivity contribution < 1.29 is 9.53 Å². The monoisotopic (exact) mass is 523 g/mol. The number of ketones is 1. The molecule has 7 nitrogen and oxygen atoms in total. The van der Waals surface area contributed by atoms with E-state index < -0.39 is 0 Å². The third-order valence-corrected chi connectivity index (χ3v) is 9.60. The Morgan fingerprint density at radius 3 is 2.81 bits per heavy atom. The summed E-state index contributed by atoms with van der Waals surface area (Å²) in [6.45, 7) is 6.94. The summed E-state index contributed by atoms with van der Waals surface area (Å²) in [6.07, 6.45) is 8.25. The van der Waals surface area contributed by atoms with Crippen molar-refractivity contribution in [3.8, 4) is 0 Å². The predicted molar refractivity (Wildman–Crippen MR) is 140 cm³/mol. The van der Waals surface area contributed by atoms with Crippen LogP contribution in [0.15, 0.2) is 46.6 Å². The maximum atomic E-state index is 12.9. The summed E-state index contributed by atoms with van der Waals surface area (Å²) in [4.78, 5) is 25.4. The van der Waals surface area contributed by atoms with Gasteiger partial charge in [0.25, 0.3) is 0 Å². The predicted octanol–water partition coefficient (Wildman–Crippen LogP) is 5.10. The molecule has 6 rings (SSSR count). The minimum Gasteiger partial charge on any atom is -0.381 e. The lowest BCUT2D eigenvalue weighted by Gasteiger charge is -2.41. The molecular formula is C27H30ClN5O2S. The van der Waals surface area contributed by atoms with E-state index in [0.717, 1.165) is 85.5 Å². The van der Waals surface area contributed by atoms with Gasteiger partial charge in [-0.15, -0.1) is 0 Å². The standard InChI is InChI=1S/C27H30ClN5O2S/c1-18-16-35-17-27(18)7-10-32(11-8-27)24-14-30-25(15-29-24)36-23-6-2-4-19(26(23)28)12-22(34)21-13-20-5-3-9-33(20)31-21/h2,4,6,13-15,18H,3,5,7-12,16-17H2,1H3/t18-/m1/s1. The fourth-order valence-electron chi connectivity index (χ4n) is 5.65. The van der Waals surface area contributed by atoms with Gasteiger partial charge in [-0.25, -0.2) is 9.97 Å². The van der Waals surface area contributed by atoms with Gasteiger partial charge >= 0.3 is 0 Å². The number of Topliss-reactive ketones (excluding diaryl/α,β-unsaturated/α-hetero) is 1. The van der Waals surface area contributed by atoms with Crippen molar-refractivity contribution in [2.75, 3.05) is 31.2 Å². The largest absolute Gasteiger partial charge is 0.381 e. The van der Waals surface area contributed by atoms with E-state index >= 15 is 0 Å². The lowest BCUT2D eigenvalue weighted by Crippen LogP contribution is -2.43. The number of ether oxygens (including phenoxy) is 1. The highest BCUT2D eigenvalue weighted by molar-refractivity contribution is 7.99. The molecule has 1 spiro atoms. The number of anilines is 1. The smallest absolute Gasteiger partial charge is 0.187 e. The Balaban J connectivity index is 1.10. The van der Waals surface area contributed by atoms with Crippen molar-refractivity contribution in [1.29, 1.82) is 0 Å². The van der Waals surface area contributed by atoms with E-state index in [0.29, 0.717) is 22.0 Å². The molecule has 0 N–H and O–H groups in total. The van der Waals surface area contributed by atoms with Crippen molar-refractivity contribution in [2.45, 2.75) is 55.5 Å². The molecule has 3 aromatic rings. The fourth-order valence-corrected chi connectivity index (χ4v) is 6.76. The second kappa shape index (κ2) is 9.80. The molecule has 0 saturated carbocycles. The summed E-state index contributed by atoms with van der Waals surface area (Å²) in [6, 6.07) is 7.71. The third-order valence-electron chi connectivity index (χ3n) is 8.06. The molecule has 2 saturated heterocycles. The van der Waals surface area contributed by atoms with Gasteiger partial charge < -0.3 is 9.64 Å². The first-order valence-corrected chi connectivity index (χ1v) is 13.9. The average molecular weight is 524 g/mol. The Labute approximate surface area is 220 Å². The number of nitrogens with zero attached hydrogens (tertiary/aromatic N) is 5. The minimum absolute atomic E-state index is 0.00744. The zero-order valence-corrected chi connectivity index (χ0v) is 22.0. The number of benzene rings is 1. The van der Waals surface area contributed by atoms with E-state index in [-0.39, 0.29) is 12.2 Å². The van der Waals surface area contributed by atoms with Crippen molar-refractivity contribution >= 4 is 35.0 Å². The summed E-state index contributed by atoms with van der Waals surface area (Å²) in [5.74, 6) is 1.53. The van der Waals surface area contributed by atoms with Crippen molar-refractivity contribution in [1.82, 2.24) is 19.7 Å². The molecule has 9 heteroatoms. The van der Waals surface area contributed by atoms with Gasteiger partial charge in [0.05, 0.1) is 24.0 Å². The van der Waals surface area contributed by atoms with Gasteiger partial charge in [-0.1, -0.05) is 42.4 Å². The molecule has 1 atom stereocenters. The molecule has 5 heterocycles. The summed E-state index contributed by atoms with van der Waals surface area (Å²) in [5.41, 5.74) is 2.80. The van der Waals surface area contributed by atoms with Crippen molar-refractivity contribution in [3.63, 3.8) is 0 Å². The Kier molecular flexibility index (Phi) is 6.52. The van der Waals surface area contributed by atoms with Gasteiger partial charge in [-0.05, 0) is 49.3 Å². The zero-order chi connectivity index (χ0) is 24.7. The van der Waals surface area contributed by atoms with E-state index in [1.54, 1.807) is 0 Å². The van der Waals surface area contributed by atoms with E-state index in [1.807, 2.05) is 41.3 Å². The molecule has 3 aliphatic rings. The highest BCUT2D eigenvalue weighted by Gasteiger charge is 2.43. The molecule has 0 amide bonds. The number of carbonyl (C=O) groups is 1. The quantitative estimate of drug-likeness (QED) is 0.416. The lowest BCUT2D eigenvalue weighted by atomic mass is 9.72. The highest BCUT2D eigenvalue weighted by atomic mass is 35.5. The van der Waals surface area contributed by atoms with Gasteiger partial charge in [0.15, 0.2) is 5.78 Å². The minimum atomic E-state index is -0.00744. The van der Waals surface area contributed by atoms with Gasteiger partial charge in [0.2, 0.25) is 0 Å². The normalized spacial score (nSPS) is 20.7. The number of hydrogen-bond acceptors (Lipinski definition) is 7. The van der Waals surface area contributed by atoms with Gasteiger partial charge in [-0.3, -0.25) is 9.48 Å². The average Bonchev–Trinajstić information content (AvgIpc) is 3.59. The molecule has 3 aliphatic heterocycles. The van der Waals surface area contributed by atoms with Crippen LogP contribution in [-0.2, 0) is 24.1 Å². The number of piperidine rings is 1. The van der Waals surface area contributed by atoms with E-state index in [1.165, 1.54) is 11.8 Å². The van der Waals surface area contributed by atoms with Crippen LogP contribution in [0.3, 0.4) is 0 Å². The molecule has 36 heavy (non-hydrogen) atoms. The second-order valence-corrected chi connectivity index (χ2v) is 11.7. The molecule has 0 radical (unpaired) electrons. The summed E-state index contributed by atoms with van der Waals surface area (Å²) < 4.78 is 7.69. The zero-order valence-electron chi connectivity index (χ0n) is 20.5. The lowest BCUT2D eigenvalue weighted by molar-refractivity contribution is 0.0987. The van der Waals surface area contributed by atoms with Crippen LogP contribution in [0.2, 0.25) is 5.02 Å². The van der Waals surface area contributed by atoms with Crippen LogP contribution in [-0.4, -0.2) is 51.8 Å². The van der Waals surface area contributed by atoms with Gasteiger partial charge in [-0.2, -0.15) is 5.10 Å². The summed E-state index contributed by atoms with van der Waals surface area (Å²) in [5, 5.41) is 5.83. The molecule has 1 aromatic carbocycles. The first-order valence-electron chi connectivity index (χ1n) is 12.7. The molecule has 0 bridgehead atoms. The van der Waals surface area contributed by atoms with E-state index in [4.69, 9.17) is 21.3 Å². The van der Waals surface area contributed by atoms with Crippen LogP contribution in [0.4, 0.5) is 5.82 Å². The molecule has 0 unspecified atom stereocenters. The number of hydrogen-bond donors (Lipinski definition) is 0. The Morgan fingerprint density at radius 1 is 1.22 bits per heavy atom. The molecule has 2 aromatic heterocycles. The second-order valence-electron chi connectivity index (χ2n) is 10.3. The number of aromatic nitrogens is 4. The number of fused-ring (bicyclic) bond motifs is 1. The molecule has 2 fully saturated rings. The SMILES string of the molecule is C[C@@H]1COCC12CCN(c1cnc(Sc3cccc(CC(=O)c4cc5n(n4)CCC5)c3Cl)cn1)CC2. The van der Waals surface area contributed by atoms with Crippen LogP contribution >= 0.6 is 23.4 Å². The van der Waals surface area contributed by atoms with Gasteiger partial charge in [0, 0.05) is 48.7 Å². The van der Waals surface area contributed by atoms with Crippen LogP contribution in [0, 0.1) is 11.3 Å². The summed E-state index contributed by atoms with van der Waals surface area (Å²) >= 11 is 8.19. The Bertz CT molecular complexity index is 1250. The Hall–Kier alpha value is -2.42. The maximum absolute atomic E-state index is 12.9. The number of rotatable bonds is 6. The van der Waals surface area contributed by atoms with E-state index in [9.17, 15) is 4.79 Å². The topological polar surface area (TPSA) is 73.1 Å². The highest BCUT2D eigenvalue weighted by Crippen LogP contribution is 2.44. The molecule has 188 valence electrons. The number of halogens is 1. The first kappa shape index (κ1) is 23.9. The van der Waals surface area contributed by atoms with Crippen LogP contribution in [0.1, 0.15) is 47.9 Å². The van der Waals surface area contributed by atoms with Gasteiger partial charge in [0.1, 0.15) is 16.5 Å². The van der Waals surface area contributed by atoms with E-state index in [2.05, 4.69) is 21.9 Å². The maximum Gasteiger partial charge on any atom is 0.187 e. The van der Waals surface area contributed by atoms with Crippen LogP contribution in [0.25, 0.3) is 0 Å². The fraction of sp³-hybridized carbons (Fsp3) is 0.481. The van der Waals surface area contributed by atoms with Crippen molar-refractivity contribution in [2.24, 2.45) is 11.3 Å². The number of aryl methyl sites for hydroxylation is 2. The molecule has 0 aliphatic carbocycles. The Morgan fingerprint density at radius 2 is 2.08 bits per heavy atom. The van der Waals surface area contributed by atoms with Crippen LogP contribution in [0.5, 0.6) is 0 Å².